The predicted octanol–water partition coefficient (Wildman–Crippen LogP) is 3.78. The molecule has 0 saturated heterocycles. The first kappa shape index (κ1) is 13.2. The molecule has 1 aliphatic rings. The number of allylic oxidation sites excluding steroid dienone is 2. The second-order valence-corrected chi connectivity index (χ2v) is 3.18. The van der Waals surface area contributed by atoms with Gasteiger partial charge >= 0.3 is 23.7 Å². The van der Waals surface area contributed by atoms with Gasteiger partial charge in [-0.2, -0.15) is 35.1 Å². The van der Waals surface area contributed by atoms with Gasteiger partial charge in [-0.25, -0.2) is 4.39 Å². The molecule has 0 bridgehead atoms. The smallest absolute Gasteiger partial charge is 0.205 e. The van der Waals surface area contributed by atoms with E-state index in [1.807, 2.05) is 0 Å². The van der Waals surface area contributed by atoms with Gasteiger partial charge in [0.05, 0.1) is 0 Å². The van der Waals surface area contributed by atoms with Crippen molar-refractivity contribution in [2.45, 2.75) is 30.1 Å². The van der Waals surface area contributed by atoms with Crippen molar-refractivity contribution in [3.8, 4) is 0 Å². The minimum Gasteiger partial charge on any atom is -0.205 e. The van der Waals surface area contributed by atoms with Crippen LogP contribution in [0.15, 0.2) is 11.9 Å². The minimum atomic E-state index is -6.50. The van der Waals surface area contributed by atoms with Gasteiger partial charge in [0, 0.05) is 6.42 Å². The number of alkyl halides is 8. The monoisotopic (exact) mass is 258 g/mol. The number of halogens is 9. The first-order valence-electron chi connectivity index (χ1n) is 3.75. The van der Waals surface area contributed by atoms with Gasteiger partial charge in [0.2, 0.25) is 0 Å². The standard InChI is InChI=1S/C7H3F9/c8-3-1-2-4(9,10)6(13,14)7(15,16)5(3,11)12/h1H,2H2. The van der Waals surface area contributed by atoms with E-state index in [2.05, 4.69) is 0 Å². The minimum absolute atomic E-state index is 0.658. The van der Waals surface area contributed by atoms with Crippen LogP contribution in [-0.2, 0) is 0 Å². The van der Waals surface area contributed by atoms with Crippen molar-refractivity contribution < 1.29 is 39.5 Å². The van der Waals surface area contributed by atoms with Gasteiger partial charge in [-0.05, 0) is 6.08 Å². The summed E-state index contributed by atoms with van der Waals surface area (Å²) >= 11 is 0. The highest BCUT2D eigenvalue weighted by Crippen LogP contribution is 2.57. The zero-order valence-corrected chi connectivity index (χ0v) is 7.19. The molecule has 1 rings (SSSR count). The zero-order valence-electron chi connectivity index (χ0n) is 7.19. The van der Waals surface area contributed by atoms with Gasteiger partial charge in [0.25, 0.3) is 0 Å². The molecule has 9 heteroatoms. The average Bonchev–Trinajstić information content (AvgIpc) is 2.14. The summed E-state index contributed by atoms with van der Waals surface area (Å²) in [7, 11) is 0. The summed E-state index contributed by atoms with van der Waals surface area (Å²) in [6.45, 7) is 0. The van der Waals surface area contributed by atoms with Gasteiger partial charge in [0.1, 0.15) is 0 Å². The van der Waals surface area contributed by atoms with Crippen molar-refractivity contribution >= 4 is 0 Å². The van der Waals surface area contributed by atoms with E-state index in [4.69, 9.17) is 0 Å². The van der Waals surface area contributed by atoms with Crippen LogP contribution < -0.4 is 0 Å². The van der Waals surface area contributed by atoms with Crippen LogP contribution in [0, 0.1) is 0 Å². The summed E-state index contributed by atoms with van der Waals surface area (Å²) in [6.07, 6.45) is -2.88. The molecule has 0 nitrogen and oxygen atoms in total. The maximum atomic E-state index is 12.5. The van der Waals surface area contributed by atoms with Crippen LogP contribution in [0.1, 0.15) is 6.42 Å². The zero-order chi connectivity index (χ0) is 13.0. The molecular weight excluding hydrogens is 255 g/mol. The molecule has 0 aromatic heterocycles. The summed E-state index contributed by atoms with van der Waals surface area (Å²) in [4.78, 5) is 0. The van der Waals surface area contributed by atoms with Crippen LogP contribution in [0.3, 0.4) is 0 Å². The van der Waals surface area contributed by atoms with Crippen LogP contribution in [0.4, 0.5) is 39.5 Å². The Morgan fingerprint density at radius 1 is 0.812 bits per heavy atom. The summed E-state index contributed by atoms with van der Waals surface area (Å²) in [6, 6.07) is 0. The Morgan fingerprint density at radius 2 is 1.25 bits per heavy atom. The summed E-state index contributed by atoms with van der Waals surface area (Å²) in [5.74, 6) is -27.2. The van der Waals surface area contributed by atoms with E-state index in [0.29, 0.717) is 0 Å². The lowest BCUT2D eigenvalue weighted by atomic mass is 10.0. The molecule has 1 aliphatic carbocycles. The van der Waals surface area contributed by atoms with Crippen molar-refractivity contribution in [2.24, 2.45) is 0 Å². The van der Waals surface area contributed by atoms with Crippen LogP contribution in [0.2, 0.25) is 0 Å². The van der Waals surface area contributed by atoms with Gasteiger partial charge in [-0.1, -0.05) is 0 Å². The lowest BCUT2D eigenvalue weighted by Gasteiger charge is -2.33. The van der Waals surface area contributed by atoms with E-state index in [-0.39, 0.29) is 0 Å². The molecule has 0 heterocycles. The number of hydrogen-bond acceptors (Lipinski definition) is 0. The molecule has 0 aromatic rings. The fraction of sp³-hybridized carbons (Fsp3) is 0.714. The van der Waals surface area contributed by atoms with Crippen molar-refractivity contribution in [1.82, 2.24) is 0 Å². The highest BCUT2D eigenvalue weighted by molar-refractivity contribution is 5.21. The Labute approximate surface area is 82.7 Å². The lowest BCUT2D eigenvalue weighted by Crippen LogP contribution is -2.60. The average molecular weight is 258 g/mol. The highest BCUT2D eigenvalue weighted by Gasteiger charge is 2.82. The third kappa shape index (κ3) is 1.32. The predicted molar refractivity (Wildman–Crippen MR) is 33.6 cm³/mol. The second-order valence-electron chi connectivity index (χ2n) is 3.18. The van der Waals surface area contributed by atoms with E-state index >= 15 is 0 Å². The molecule has 0 radical (unpaired) electrons. The lowest BCUT2D eigenvalue weighted by molar-refractivity contribution is -0.355. The molecule has 0 aromatic carbocycles. The Morgan fingerprint density at radius 3 is 1.69 bits per heavy atom. The number of rotatable bonds is 0. The molecule has 16 heavy (non-hydrogen) atoms. The van der Waals surface area contributed by atoms with Crippen LogP contribution in [0.25, 0.3) is 0 Å². The Hall–Kier alpha value is -0.890. The molecule has 0 saturated carbocycles. The van der Waals surface area contributed by atoms with E-state index < -0.39 is 42.0 Å². The molecule has 0 amide bonds. The molecule has 0 atom stereocenters. The van der Waals surface area contributed by atoms with E-state index in [9.17, 15) is 39.5 Å². The molecule has 0 spiro atoms. The van der Waals surface area contributed by atoms with Crippen LogP contribution in [-0.4, -0.2) is 23.7 Å². The summed E-state index contributed by atoms with van der Waals surface area (Å²) in [5.41, 5.74) is 0. The molecule has 0 aliphatic heterocycles. The third-order valence-corrected chi connectivity index (χ3v) is 2.09. The highest BCUT2D eigenvalue weighted by atomic mass is 19.4. The molecule has 94 valence electrons. The van der Waals surface area contributed by atoms with E-state index in [1.165, 1.54) is 0 Å². The van der Waals surface area contributed by atoms with Crippen molar-refractivity contribution in [1.29, 1.82) is 0 Å². The summed E-state index contributed by atoms with van der Waals surface area (Å²) < 4.78 is 112. The molecule has 0 N–H and O–H groups in total. The van der Waals surface area contributed by atoms with E-state index in [0.717, 1.165) is 0 Å². The van der Waals surface area contributed by atoms with E-state index in [1.54, 1.807) is 0 Å². The second kappa shape index (κ2) is 3.07. The number of hydrogen-bond donors (Lipinski definition) is 0. The van der Waals surface area contributed by atoms with Gasteiger partial charge < -0.3 is 0 Å². The van der Waals surface area contributed by atoms with Crippen LogP contribution in [0.5, 0.6) is 0 Å². The molecular formula is C7H3F9. The van der Waals surface area contributed by atoms with Gasteiger partial charge in [-0.3, -0.25) is 0 Å². The topological polar surface area (TPSA) is 0 Å². The Kier molecular flexibility index (Phi) is 2.53. The fourth-order valence-electron chi connectivity index (χ4n) is 1.05. The largest absolute Gasteiger partial charge is 0.384 e. The Bertz CT molecular complexity index is 327. The first-order valence-corrected chi connectivity index (χ1v) is 3.75. The quantitative estimate of drug-likeness (QED) is 0.580. The third-order valence-electron chi connectivity index (χ3n) is 2.09. The maximum Gasteiger partial charge on any atom is 0.384 e. The normalized spacial score (nSPS) is 30.4. The maximum absolute atomic E-state index is 12.5. The van der Waals surface area contributed by atoms with Crippen LogP contribution >= 0.6 is 0 Å². The van der Waals surface area contributed by atoms with Crippen molar-refractivity contribution in [3.05, 3.63) is 11.9 Å². The summed E-state index contributed by atoms with van der Waals surface area (Å²) in [5, 5.41) is 0. The molecule has 0 unspecified atom stereocenters. The SMILES string of the molecule is FC1=CCC(F)(F)C(F)(F)C(F)(F)C1(F)F. The van der Waals surface area contributed by atoms with Gasteiger partial charge in [0.15, 0.2) is 5.83 Å². The van der Waals surface area contributed by atoms with Crippen molar-refractivity contribution in [3.63, 3.8) is 0 Å². The fourth-order valence-corrected chi connectivity index (χ4v) is 1.05. The van der Waals surface area contributed by atoms with Crippen molar-refractivity contribution in [2.75, 3.05) is 0 Å². The van der Waals surface area contributed by atoms with Gasteiger partial charge in [-0.15, -0.1) is 0 Å². The first-order chi connectivity index (χ1) is 6.88. The molecule has 0 fully saturated rings. The Balaban J connectivity index is 3.45.